The highest BCUT2D eigenvalue weighted by Crippen LogP contribution is 2.14. The van der Waals surface area contributed by atoms with Crippen molar-refractivity contribution >= 4 is 5.91 Å². The summed E-state index contributed by atoms with van der Waals surface area (Å²) in [6, 6.07) is 1.99. The van der Waals surface area contributed by atoms with Crippen LogP contribution in [0.5, 0.6) is 0 Å². The number of carbonyl (C=O) groups is 1. The average Bonchev–Trinajstić information content (AvgIpc) is 2.19. The van der Waals surface area contributed by atoms with Gasteiger partial charge in [0.15, 0.2) is 0 Å². The fraction of sp³-hybridized carbons (Fsp3) is 0.818. The van der Waals surface area contributed by atoms with E-state index in [0.29, 0.717) is 0 Å². The Labute approximate surface area is 86.7 Å². The van der Waals surface area contributed by atoms with E-state index in [1.165, 1.54) is 4.90 Å². The lowest BCUT2D eigenvalue weighted by Gasteiger charge is -2.20. The van der Waals surface area contributed by atoms with Gasteiger partial charge in [0.25, 0.3) is 0 Å². The summed E-state index contributed by atoms with van der Waals surface area (Å²) in [5.41, 5.74) is 0. The summed E-state index contributed by atoms with van der Waals surface area (Å²) in [6.45, 7) is 4.34. The van der Waals surface area contributed by atoms with Crippen molar-refractivity contribution in [2.45, 2.75) is 39.5 Å². The molecule has 0 heterocycles. The number of nitriles is 1. The number of carbonyl (C=O) groups excluding carboxylic acids is 1. The quantitative estimate of drug-likeness (QED) is 0.611. The molecule has 0 saturated carbocycles. The van der Waals surface area contributed by atoms with Gasteiger partial charge in [0, 0.05) is 13.0 Å². The molecular formula is C11H20N2O. The molecule has 0 saturated heterocycles. The predicted molar refractivity (Wildman–Crippen MR) is 56.6 cm³/mol. The van der Waals surface area contributed by atoms with Gasteiger partial charge in [0.1, 0.15) is 6.54 Å². The minimum absolute atomic E-state index is 0.105. The molecule has 80 valence electrons. The second kappa shape index (κ2) is 7.37. The molecule has 0 aromatic rings. The Bertz CT molecular complexity index is 208. The van der Waals surface area contributed by atoms with Gasteiger partial charge >= 0.3 is 0 Å². The van der Waals surface area contributed by atoms with Gasteiger partial charge < -0.3 is 4.90 Å². The highest BCUT2D eigenvalue weighted by Gasteiger charge is 2.19. The fourth-order valence-electron chi connectivity index (χ4n) is 1.45. The van der Waals surface area contributed by atoms with Gasteiger partial charge in [-0.15, -0.1) is 0 Å². The Kier molecular flexibility index (Phi) is 6.82. The number of unbranched alkanes of at least 4 members (excludes halogenated alkanes) is 1. The molecule has 0 spiro atoms. The van der Waals surface area contributed by atoms with Crippen LogP contribution in [-0.2, 0) is 4.79 Å². The molecule has 1 unspecified atom stereocenters. The summed E-state index contributed by atoms with van der Waals surface area (Å²) < 4.78 is 0. The molecule has 0 aromatic heterocycles. The molecule has 0 rings (SSSR count). The van der Waals surface area contributed by atoms with Crippen molar-refractivity contribution in [3.63, 3.8) is 0 Å². The van der Waals surface area contributed by atoms with Gasteiger partial charge in [-0.05, 0) is 12.8 Å². The molecule has 0 bridgehead atoms. The van der Waals surface area contributed by atoms with Crippen LogP contribution in [0, 0.1) is 17.2 Å². The zero-order chi connectivity index (χ0) is 11.0. The van der Waals surface area contributed by atoms with E-state index in [9.17, 15) is 4.79 Å². The fourth-order valence-corrected chi connectivity index (χ4v) is 1.45. The Hall–Kier alpha value is -1.04. The van der Waals surface area contributed by atoms with Crippen molar-refractivity contribution in [3.05, 3.63) is 0 Å². The first kappa shape index (κ1) is 13.0. The second-order valence-corrected chi connectivity index (χ2v) is 3.60. The average molecular weight is 196 g/mol. The summed E-state index contributed by atoms with van der Waals surface area (Å²) in [7, 11) is 1.69. The number of nitrogens with zero attached hydrogens (tertiary/aromatic N) is 2. The first-order valence-corrected chi connectivity index (χ1v) is 5.29. The summed E-state index contributed by atoms with van der Waals surface area (Å²) >= 11 is 0. The standard InChI is InChI=1S/C11H20N2O/c1-4-6-7-10(5-2)11(14)13(3)9-8-12/h10H,4-7,9H2,1-3H3. The minimum atomic E-state index is 0.105. The van der Waals surface area contributed by atoms with Crippen LogP contribution < -0.4 is 0 Å². The van der Waals surface area contributed by atoms with E-state index >= 15 is 0 Å². The van der Waals surface area contributed by atoms with Gasteiger partial charge in [-0.1, -0.05) is 26.7 Å². The minimum Gasteiger partial charge on any atom is -0.332 e. The lowest BCUT2D eigenvalue weighted by atomic mass is 9.98. The second-order valence-electron chi connectivity index (χ2n) is 3.60. The van der Waals surface area contributed by atoms with Crippen molar-refractivity contribution in [2.75, 3.05) is 13.6 Å². The van der Waals surface area contributed by atoms with E-state index in [2.05, 4.69) is 6.92 Å². The number of hydrogen-bond acceptors (Lipinski definition) is 2. The van der Waals surface area contributed by atoms with E-state index < -0.39 is 0 Å². The molecule has 0 aliphatic carbocycles. The first-order chi connectivity index (χ1) is 6.67. The molecular weight excluding hydrogens is 176 g/mol. The van der Waals surface area contributed by atoms with Crippen molar-refractivity contribution < 1.29 is 4.79 Å². The topological polar surface area (TPSA) is 44.1 Å². The SMILES string of the molecule is CCCCC(CC)C(=O)N(C)CC#N. The number of hydrogen-bond donors (Lipinski definition) is 0. The number of amides is 1. The molecule has 1 amide bonds. The van der Waals surface area contributed by atoms with Crippen LogP contribution in [0.4, 0.5) is 0 Å². The molecule has 0 radical (unpaired) electrons. The predicted octanol–water partition coefficient (Wildman–Crippen LogP) is 2.18. The van der Waals surface area contributed by atoms with E-state index in [0.717, 1.165) is 25.7 Å². The monoisotopic (exact) mass is 196 g/mol. The van der Waals surface area contributed by atoms with Crippen LogP contribution in [-0.4, -0.2) is 24.4 Å². The zero-order valence-electron chi connectivity index (χ0n) is 9.42. The van der Waals surface area contributed by atoms with Gasteiger partial charge in [0.05, 0.1) is 6.07 Å². The van der Waals surface area contributed by atoms with E-state index in [1.54, 1.807) is 7.05 Å². The zero-order valence-corrected chi connectivity index (χ0v) is 9.42. The van der Waals surface area contributed by atoms with E-state index in [1.807, 2.05) is 13.0 Å². The molecule has 0 aromatic carbocycles. The van der Waals surface area contributed by atoms with Gasteiger partial charge in [0.2, 0.25) is 5.91 Å². The normalized spacial score (nSPS) is 11.9. The molecule has 0 aliphatic rings. The summed E-state index contributed by atoms with van der Waals surface area (Å²) in [6.07, 6.45) is 4.02. The van der Waals surface area contributed by atoms with Crippen LogP contribution in [0.2, 0.25) is 0 Å². The van der Waals surface area contributed by atoms with Crippen molar-refractivity contribution in [1.29, 1.82) is 5.26 Å². The highest BCUT2D eigenvalue weighted by atomic mass is 16.2. The highest BCUT2D eigenvalue weighted by molar-refractivity contribution is 5.78. The lowest BCUT2D eigenvalue weighted by molar-refractivity contribution is -0.134. The van der Waals surface area contributed by atoms with Crippen molar-refractivity contribution in [1.82, 2.24) is 4.90 Å². The third kappa shape index (κ3) is 4.27. The lowest BCUT2D eigenvalue weighted by Crippen LogP contribution is -2.33. The third-order valence-corrected chi connectivity index (χ3v) is 2.43. The Morgan fingerprint density at radius 2 is 2.14 bits per heavy atom. The van der Waals surface area contributed by atoms with Crippen molar-refractivity contribution in [3.8, 4) is 6.07 Å². The van der Waals surface area contributed by atoms with Crippen molar-refractivity contribution in [2.24, 2.45) is 5.92 Å². The summed E-state index contributed by atoms with van der Waals surface area (Å²) in [4.78, 5) is 13.3. The molecule has 0 aliphatic heterocycles. The molecule has 1 atom stereocenters. The molecule has 0 fully saturated rings. The number of rotatable bonds is 6. The van der Waals surface area contributed by atoms with Crippen LogP contribution in [0.1, 0.15) is 39.5 Å². The Morgan fingerprint density at radius 1 is 1.50 bits per heavy atom. The molecule has 14 heavy (non-hydrogen) atoms. The van der Waals surface area contributed by atoms with E-state index in [-0.39, 0.29) is 18.4 Å². The largest absolute Gasteiger partial charge is 0.332 e. The van der Waals surface area contributed by atoms with Gasteiger partial charge in [-0.25, -0.2) is 0 Å². The maximum absolute atomic E-state index is 11.7. The maximum Gasteiger partial charge on any atom is 0.226 e. The molecule has 3 nitrogen and oxygen atoms in total. The van der Waals surface area contributed by atoms with Crippen LogP contribution in [0.3, 0.4) is 0 Å². The van der Waals surface area contributed by atoms with Gasteiger partial charge in [-0.3, -0.25) is 4.79 Å². The van der Waals surface area contributed by atoms with Crippen LogP contribution in [0.15, 0.2) is 0 Å². The van der Waals surface area contributed by atoms with E-state index in [4.69, 9.17) is 5.26 Å². The van der Waals surface area contributed by atoms with Crippen LogP contribution in [0.25, 0.3) is 0 Å². The Balaban J connectivity index is 4.10. The first-order valence-electron chi connectivity index (χ1n) is 5.29. The molecule has 0 N–H and O–H groups in total. The summed E-state index contributed by atoms with van der Waals surface area (Å²) in [5.74, 6) is 0.218. The van der Waals surface area contributed by atoms with Crippen LogP contribution >= 0.6 is 0 Å². The maximum atomic E-state index is 11.7. The third-order valence-electron chi connectivity index (χ3n) is 2.43. The smallest absolute Gasteiger partial charge is 0.226 e. The summed E-state index contributed by atoms with van der Waals surface area (Å²) in [5, 5.41) is 8.47. The van der Waals surface area contributed by atoms with Gasteiger partial charge in [-0.2, -0.15) is 5.26 Å². The Morgan fingerprint density at radius 3 is 2.57 bits per heavy atom. The molecule has 3 heteroatoms.